The van der Waals surface area contributed by atoms with Gasteiger partial charge in [0.2, 0.25) is 11.8 Å². The Morgan fingerprint density at radius 1 is 1.23 bits per heavy atom. The van der Waals surface area contributed by atoms with Gasteiger partial charge in [-0.1, -0.05) is 6.07 Å². The molecule has 0 saturated heterocycles. The standard InChI is InChI=1S/C19H15N3O3S/c1-12-15(22-19(25-12)17-3-2-8-26-17)9-18(23)21-14-6-4-13(5-7-14)16-10-20-11-24-16/h2-8,10-11H,9H2,1H3,(H,21,23). The zero-order valence-electron chi connectivity index (χ0n) is 13.9. The minimum absolute atomic E-state index is 0.147. The van der Waals surface area contributed by atoms with E-state index in [2.05, 4.69) is 15.3 Å². The van der Waals surface area contributed by atoms with Gasteiger partial charge in [-0.2, -0.15) is 0 Å². The minimum Gasteiger partial charge on any atom is -0.444 e. The number of oxazole rings is 2. The molecule has 1 amide bonds. The average molecular weight is 365 g/mol. The van der Waals surface area contributed by atoms with Crippen molar-refractivity contribution in [2.24, 2.45) is 0 Å². The number of hydrogen-bond donors (Lipinski definition) is 1. The highest BCUT2D eigenvalue weighted by molar-refractivity contribution is 7.13. The number of benzene rings is 1. The first kappa shape index (κ1) is 16.3. The van der Waals surface area contributed by atoms with E-state index in [9.17, 15) is 4.79 Å². The van der Waals surface area contributed by atoms with Gasteiger partial charge in [-0.25, -0.2) is 9.97 Å². The van der Waals surface area contributed by atoms with Crippen LogP contribution in [0.1, 0.15) is 11.5 Å². The molecule has 3 aromatic heterocycles. The van der Waals surface area contributed by atoms with Gasteiger partial charge < -0.3 is 14.2 Å². The van der Waals surface area contributed by atoms with E-state index in [0.717, 1.165) is 10.4 Å². The number of amides is 1. The van der Waals surface area contributed by atoms with Crippen LogP contribution in [0.3, 0.4) is 0 Å². The van der Waals surface area contributed by atoms with Crippen molar-refractivity contribution < 1.29 is 13.6 Å². The highest BCUT2D eigenvalue weighted by atomic mass is 32.1. The van der Waals surface area contributed by atoms with E-state index in [1.54, 1.807) is 17.5 Å². The van der Waals surface area contributed by atoms with E-state index < -0.39 is 0 Å². The summed E-state index contributed by atoms with van der Waals surface area (Å²) in [6, 6.07) is 11.3. The second-order valence-electron chi connectivity index (χ2n) is 5.67. The topological polar surface area (TPSA) is 81.2 Å². The van der Waals surface area contributed by atoms with E-state index in [4.69, 9.17) is 8.83 Å². The molecule has 0 atom stereocenters. The molecule has 0 radical (unpaired) electrons. The first-order valence-corrected chi connectivity index (χ1v) is 8.86. The van der Waals surface area contributed by atoms with Crippen LogP contribution in [0, 0.1) is 6.92 Å². The Bertz CT molecular complexity index is 1000. The monoisotopic (exact) mass is 365 g/mol. The summed E-state index contributed by atoms with van der Waals surface area (Å²) in [5.74, 6) is 1.75. The van der Waals surface area contributed by atoms with Crippen LogP contribution in [-0.2, 0) is 11.2 Å². The summed E-state index contributed by atoms with van der Waals surface area (Å²) >= 11 is 1.55. The van der Waals surface area contributed by atoms with Gasteiger partial charge in [0.05, 0.1) is 23.2 Å². The van der Waals surface area contributed by atoms with Crippen LogP contribution < -0.4 is 5.32 Å². The Kier molecular flexibility index (Phi) is 4.37. The number of nitrogens with one attached hydrogen (secondary N) is 1. The van der Waals surface area contributed by atoms with Crippen molar-refractivity contribution in [3.8, 4) is 22.1 Å². The fourth-order valence-corrected chi connectivity index (χ4v) is 3.18. The van der Waals surface area contributed by atoms with Crippen molar-refractivity contribution >= 4 is 22.9 Å². The molecule has 26 heavy (non-hydrogen) atoms. The molecule has 0 unspecified atom stereocenters. The van der Waals surface area contributed by atoms with Crippen LogP contribution in [-0.4, -0.2) is 15.9 Å². The average Bonchev–Trinajstić information content (AvgIpc) is 3.38. The molecule has 0 bridgehead atoms. The first-order valence-electron chi connectivity index (χ1n) is 7.98. The van der Waals surface area contributed by atoms with Crippen LogP contribution in [0.15, 0.2) is 63.2 Å². The van der Waals surface area contributed by atoms with Crippen LogP contribution >= 0.6 is 11.3 Å². The molecule has 4 rings (SSSR count). The third kappa shape index (κ3) is 3.43. The molecule has 1 aromatic carbocycles. The van der Waals surface area contributed by atoms with E-state index in [1.165, 1.54) is 6.39 Å². The predicted octanol–water partition coefficient (Wildman–Crippen LogP) is 4.55. The molecular formula is C19H15N3O3S. The highest BCUT2D eigenvalue weighted by Crippen LogP contribution is 2.26. The van der Waals surface area contributed by atoms with Crippen molar-refractivity contribution in [2.45, 2.75) is 13.3 Å². The number of thiophene rings is 1. The van der Waals surface area contributed by atoms with Gasteiger partial charge in [-0.05, 0) is 42.6 Å². The molecule has 0 fully saturated rings. The van der Waals surface area contributed by atoms with Crippen LogP contribution in [0.2, 0.25) is 0 Å². The smallest absolute Gasteiger partial charge is 0.236 e. The maximum atomic E-state index is 12.3. The second-order valence-corrected chi connectivity index (χ2v) is 6.61. The first-order chi connectivity index (χ1) is 12.7. The molecule has 7 heteroatoms. The van der Waals surface area contributed by atoms with Crippen molar-refractivity contribution in [3.63, 3.8) is 0 Å². The summed E-state index contributed by atoms with van der Waals surface area (Å²) in [6.07, 6.45) is 3.19. The molecule has 0 aliphatic heterocycles. The van der Waals surface area contributed by atoms with Crippen LogP contribution in [0.5, 0.6) is 0 Å². The number of carbonyl (C=O) groups is 1. The number of aromatic nitrogens is 2. The van der Waals surface area contributed by atoms with E-state index in [1.807, 2.05) is 48.7 Å². The lowest BCUT2D eigenvalue weighted by Gasteiger charge is -2.05. The molecule has 1 N–H and O–H groups in total. The van der Waals surface area contributed by atoms with E-state index >= 15 is 0 Å². The van der Waals surface area contributed by atoms with Crippen LogP contribution in [0.4, 0.5) is 5.69 Å². The summed E-state index contributed by atoms with van der Waals surface area (Å²) in [7, 11) is 0. The third-order valence-corrected chi connectivity index (χ3v) is 4.70. The van der Waals surface area contributed by atoms with Gasteiger partial charge in [0.25, 0.3) is 0 Å². The quantitative estimate of drug-likeness (QED) is 0.561. The summed E-state index contributed by atoms with van der Waals surface area (Å²) in [6.45, 7) is 1.82. The normalized spacial score (nSPS) is 10.8. The van der Waals surface area contributed by atoms with Gasteiger partial charge in [-0.15, -0.1) is 11.3 Å². The van der Waals surface area contributed by atoms with Crippen molar-refractivity contribution in [2.75, 3.05) is 5.32 Å². The predicted molar refractivity (Wildman–Crippen MR) is 98.8 cm³/mol. The number of hydrogen-bond acceptors (Lipinski definition) is 6. The Labute approximate surface area is 153 Å². The Balaban J connectivity index is 1.43. The zero-order chi connectivity index (χ0) is 17.9. The Morgan fingerprint density at radius 2 is 2.08 bits per heavy atom. The third-order valence-electron chi connectivity index (χ3n) is 3.84. The molecule has 4 aromatic rings. The number of anilines is 1. The van der Waals surface area contributed by atoms with Crippen LogP contribution in [0.25, 0.3) is 22.1 Å². The molecule has 0 aliphatic rings. The molecular weight excluding hydrogens is 350 g/mol. The fraction of sp³-hybridized carbons (Fsp3) is 0.105. The van der Waals surface area contributed by atoms with Gasteiger partial charge in [0, 0.05) is 11.3 Å². The summed E-state index contributed by atoms with van der Waals surface area (Å²) < 4.78 is 10.9. The van der Waals surface area contributed by atoms with E-state index in [0.29, 0.717) is 28.8 Å². The van der Waals surface area contributed by atoms with Crippen molar-refractivity contribution in [3.05, 3.63) is 65.8 Å². The SMILES string of the molecule is Cc1oc(-c2cccs2)nc1CC(=O)Nc1ccc(-c2cnco2)cc1. The van der Waals surface area contributed by atoms with Gasteiger partial charge in [-0.3, -0.25) is 4.79 Å². The Hall–Kier alpha value is -3.19. The number of aryl methyl sites for hydroxylation is 1. The fourth-order valence-electron chi connectivity index (χ4n) is 2.53. The maximum absolute atomic E-state index is 12.3. The minimum atomic E-state index is -0.147. The highest BCUT2D eigenvalue weighted by Gasteiger charge is 2.15. The lowest BCUT2D eigenvalue weighted by Crippen LogP contribution is -2.15. The van der Waals surface area contributed by atoms with Crippen molar-refractivity contribution in [1.29, 1.82) is 0 Å². The lowest BCUT2D eigenvalue weighted by atomic mass is 10.1. The second kappa shape index (κ2) is 6.97. The largest absolute Gasteiger partial charge is 0.444 e. The molecule has 6 nitrogen and oxygen atoms in total. The lowest BCUT2D eigenvalue weighted by molar-refractivity contribution is -0.115. The number of nitrogens with zero attached hydrogens (tertiary/aromatic N) is 2. The molecule has 0 aliphatic carbocycles. The number of rotatable bonds is 5. The number of carbonyl (C=O) groups excluding carboxylic acids is 1. The molecule has 3 heterocycles. The summed E-state index contributed by atoms with van der Waals surface area (Å²) in [5, 5.41) is 4.83. The molecule has 0 saturated carbocycles. The zero-order valence-corrected chi connectivity index (χ0v) is 14.7. The maximum Gasteiger partial charge on any atom is 0.236 e. The summed E-state index contributed by atoms with van der Waals surface area (Å²) in [4.78, 5) is 21.6. The van der Waals surface area contributed by atoms with Gasteiger partial charge >= 0.3 is 0 Å². The van der Waals surface area contributed by atoms with Gasteiger partial charge in [0.15, 0.2) is 12.2 Å². The molecule has 0 spiro atoms. The summed E-state index contributed by atoms with van der Waals surface area (Å²) in [5.41, 5.74) is 2.25. The Morgan fingerprint density at radius 3 is 2.77 bits per heavy atom. The van der Waals surface area contributed by atoms with Gasteiger partial charge in [0.1, 0.15) is 5.76 Å². The van der Waals surface area contributed by atoms with Crippen molar-refractivity contribution in [1.82, 2.24) is 9.97 Å². The molecule has 130 valence electrons. The van der Waals surface area contributed by atoms with E-state index in [-0.39, 0.29) is 12.3 Å².